The molecule has 0 saturated heterocycles. The number of aliphatic hydroxyl groups is 2. The summed E-state index contributed by atoms with van der Waals surface area (Å²) >= 11 is 0. The number of allylic oxidation sites excluding steroid dienone is 2. The lowest BCUT2D eigenvalue weighted by molar-refractivity contribution is 0.173. The molecule has 0 aromatic heterocycles. The zero-order chi connectivity index (χ0) is 43.8. The SMILES string of the molecule is COc1cc(/C=C(\C#N)c2ccc3c(c2)OCO3)ccc1OCCCCCCCCO.COc1cc(/C=C(\C#N)c2ccc3c(c2)OCO3)ccc1OCCCCCCCCO. The number of hydrogen-bond acceptors (Lipinski definition) is 12. The first-order chi connectivity index (χ1) is 30.5. The minimum absolute atomic E-state index is 0.201. The fourth-order valence-corrected chi connectivity index (χ4v) is 6.81. The first-order valence-corrected chi connectivity index (χ1v) is 21.4. The number of rotatable bonds is 24. The van der Waals surface area contributed by atoms with Crippen molar-refractivity contribution in [3.05, 3.63) is 95.1 Å². The lowest BCUT2D eigenvalue weighted by atomic mass is 10.0. The topological polar surface area (TPSA) is 162 Å². The summed E-state index contributed by atoms with van der Waals surface area (Å²) in [5, 5.41) is 36.9. The van der Waals surface area contributed by atoms with Crippen LogP contribution in [0.5, 0.6) is 46.0 Å². The molecule has 2 aliphatic rings. The molecular formula is C50H58N2O10. The summed E-state index contributed by atoms with van der Waals surface area (Å²) in [5.41, 5.74) is 4.28. The molecule has 0 radical (unpaired) electrons. The van der Waals surface area contributed by atoms with Gasteiger partial charge in [-0.1, -0.05) is 63.5 Å². The van der Waals surface area contributed by atoms with E-state index in [1.807, 2.05) is 84.9 Å². The second-order valence-electron chi connectivity index (χ2n) is 14.7. The molecule has 12 nitrogen and oxygen atoms in total. The molecule has 2 heterocycles. The number of ether oxygens (including phenoxy) is 8. The number of aliphatic hydroxyl groups excluding tert-OH is 2. The van der Waals surface area contributed by atoms with E-state index in [4.69, 9.17) is 48.1 Å². The van der Waals surface area contributed by atoms with Gasteiger partial charge in [-0.2, -0.15) is 10.5 Å². The molecule has 6 rings (SSSR count). The van der Waals surface area contributed by atoms with Gasteiger partial charge < -0.3 is 48.1 Å². The zero-order valence-electron chi connectivity index (χ0n) is 35.9. The van der Waals surface area contributed by atoms with Crippen LogP contribution in [0.15, 0.2) is 72.8 Å². The van der Waals surface area contributed by atoms with Crippen molar-refractivity contribution >= 4 is 23.3 Å². The van der Waals surface area contributed by atoms with Crippen LogP contribution in [-0.2, 0) is 0 Å². The monoisotopic (exact) mass is 846 g/mol. The lowest BCUT2D eigenvalue weighted by Crippen LogP contribution is -1.99. The van der Waals surface area contributed by atoms with E-state index in [9.17, 15) is 10.5 Å². The molecule has 0 aliphatic carbocycles. The molecule has 2 N–H and O–H groups in total. The average Bonchev–Trinajstić information content (AvgIpc) is 3.99. The predicted octanol–water partition coefficient (Wildman–Crippen LogP) is 10.4. The molecule has 0 bridgehead atoms. The summed E-state index contributed by atoms with van der Waals surface area (Å²) in [6, 6.07) is 26.8. The van der Waals surface area contributed by atoms with Gasteiger partial charge in [-0.05, 0) is 121 Å². The van der Waals surface area contributed by atoms with Crippen molar-refractivity contribution in [2.75, 3.05) is 54.2 Å². The highest BCUT2D eigenvalue weighted by Gasteiger charge is 2.17. The van der Waals surface area contributed by atoms with E-state index in [-0.39, 0.29) is 26.8 Å². The molecule has 0 amide bonds. The minimum Gasteiger partial charge on any atom is -0.493 e. The van der Waals surface area contributed by atoms with Crippen molar-refractivity contribution in [3.63, 3.8) is 0 Å². The van der Waals surface area contributed by atoms with Gasteiger partial charge in [0.25, 0.3) is 0 Å². The molecule has 0 atom stereocenters. The number of methoxy groups -OCH3 is 2. The largest absolute Gasteiger partial charge is 0.493 e. The normalized spacial score (nSPS) is 12.5. The Morgan fingerprint density at radius 3 is 1.27 bits per heavy atom. The maximum Gasteiger partial charge on any atom is 0.231 e. The Morgan fingerprint density at radius 1 is 0.500 bits per heavy atom. The summed E-state index contributed by atoms with van der Waals surface area (Å²) in [6.45, 7) is 2.22. The summed E-state index contributed by atoms with van der Waals surface area (Å²) in [6.07, 6.45) is 16.3. The number of nitrogens with zero attached hydrogens (tertiary/aromatic N) is 2. The van der Waals surface area contributed by atoms with Crippen LogP contribution in [0.1, 0.15) is 99.3 Å². The molecule has 12 heteroatoms. The molecule has 0 fully saturated rings. The molecule has 4 aromatic carbocycles. The second-order valence-corrected chi connectivity index (χ2v) is 14.7. The number of hydrogen-bond donors (Lipinski definition) is 2. The highest BCUT2D eigenvalue weighted by molar-refractivity contribution is 5.91. The molecular weight excluding hydrogens is 789 g/mol. The van der Waals surface area contributed by atoms with Gasteiger partial charge in [-0.15, -0.1) is 0 Å². The van der Waals surface area contributed by atoms with Crippen LogP contribution in [0.4, 0.5) is 0 Å². The van der Waals surface area contributed by atoms with Crippen molar-refractivity contribution in [1.29, 1.82) is 10.5 Å². The third-order valence-electron chi connectivity index (χ3n) is 10.2. The number of fused-ring (bicyclic) bond motifs is 2. The van der Waals surface area contributed by atoms with Gasteiger partial charge in [-0.3, -0.25) is 0 Å². The Balaban J connectivity index is 0.000000234. The minimum atomic E-state index is 0.201. The molecule has 328 valence electrons. The van der Waals surface area contributed by atoms with Crippen molar-refractivity contribution in [2.24, 2.45) is 0 Å². The fourth-order valence-electron chi connectivity index (χ4n) is 6.81. The Labute approximate surface area is 365 Å². The highest BCUT2D eigenvalue weighted by atomic mass is 16.7. The van der Waals surface area contributed by atoms with E-state index in [0.717, 1.165) is 99.3 Å². The van der Waals surface area contributed by atoms with Gasteiger partial charge >= 0.3 is 0 Å². The van der Waals surface area contributed by atoms with Gasteiger partial charge in [-0.25, -0.2) is 0 Å². The summed E-state index contributed by atoms with van der Waals surface area (Å²) < 4.78 is 44.3. The second kappa shape index (κ2) is 26.1. The van der Waals surface area contributed by atoms with E-state index in [2.05, 4.69) is 12.1 Å². The van der Waals surface area contributed by atoms with Crippen molar-refractivity contribution < 1.29 is 48.1 Å². The third-order valence-corrected chi connectivity index (χ3v) is 10.2. The van der Waals surface area contributed by atoms with Gasteiger partial charge in [0.2, 0.25) is 13.6 Å². The third kappa shape index (κ3) is 14.4. The summed E-state index contributed by atoms with van der Waals surface area (Å²) in [4.78, 5) is 0. The molecule has 0 spiro atoms. The number of benzene rings is 4. The molecule has 0 unspecified atom stereocenters. The average molecular weight is 847 g/mol. The van der Waals surface area contributed by atoms with E-state index in [1.54, 1.807) is 14.2 Å². The van der Waals surface area contributed by atoms with Crippen molar-refractivity contribution in [3.8, 4) is 58.1 Å². The highest BCUT2D eigenvalue weighted by Crippen LogP contribution is 2.37. The van der Waals surface area contributed by atoms with Crippen molar-refractivity contribution in [2.45, 2.75) is 77.0 Å². The fraction of sp³-hybridized carbons (Fsp3) is 0.400. The van der Waals surface area contributed by atoms with Crippen LogP contribution in [-0.4, -0.2) is 64.4 Å². The Hall–Kier alpha value is -6.34. The van der Waals surface area contributed by atoms with Crippen LogP contribution in [0.25, 0.3) is 23.3 Å². The van der Waals surface area contributed by atoms with Crippen LogP contribution in [0, 0.1) is 22.7 Å². The Bertz CT molecular complexity index is 2020. The van der Waals surface area contributed by atoms with E-state index in [0.29, 0.717) is 70.4 Å². The molecule has 62 heavy (non-hydrogen) atoms. The van der Waals surface area contributed by atoms with Crippen LogP contribution >= 0.6 is 0 Å². The standard InChI is InChI=1S/2C25H29NO5/c2*1-28-24-15-19(8-10-22(24)29-13-7-5-3-2-4-6-12-27)14-21(17-26)20-9-11-23-25(16-20)31-18-30-23/h2*8-11,14-16,27H,2-7,12-13,18H2,1H3/b2*21-14+. The quantitative estimate of drug-likeness (QED) is 0.0391. The van der Waals surface area contributed by atoms with Gasteiger partial charge in [0.1, 0.15) is 0 Å². The number of nitriles is 2. The maximum atomic E-state index is 9.65. The van der Waals surface area contributed by atoms with Crippen molar-refractivity contribution in [1.82, 2.24) is 0 Å². The van der Waals surface area contributed by atoms with Crippen LogP contribution in [0.2, 0.25) is 0 Å². The van der Waals surface area contributed by atoms with Crippen LogP contribution in [0.3, 0.4) is 0 Å². The van der Waals surface area contributed by atoms with Gasteiger partial charge in [0.05, 0.1) is 50.7 Å². The Morgan fingerprint density at radius 2 is 0.887 bits per heavy atom. The first-order valence-electron chi connectivity index (χ1n) is 21.4. The van der Waals surface area contributed by atoms with E-state index >= 15 is 0 Å². The molecule has 0 saturated carbocycles. The summed E-state index contributed by atoms with van der Waals surface area (Å²) in [5.74, 6) is 5.34. The van der Waals surface area contributed by atoms with E-state index < -0.39 is 0 Å². The smallest absolute Gasteiger partial charge is 0.231 e. The lowest BCUT2D eigenvalue weighted by Gasteiger charge is -2.11. The van der Waals surface area contributed by atoms with Gasteiger partial charge in [0, 0.05) is 13.2 Å². The van der Waals surface area contributed by atoms with E-state index in [1.165, 1.54) is 0 Å². The molecule has 4 aromatic rings. The molecule has 2 aliphatic heterocycles. The zero-order valence-corrected chi connectivity index (χ0v) is 35.9. The number of unbranched alkanes of at least 4 members (excludes halogenated alkanes) is 10. The first kappa shape index (κ1) is 46.7. The Kier molecular flexibility index (Phi) is 19.7. The van der Waals surface area contributed by atoms with Crippen LogP contribution < -0.4 is 37.9 Å². The van der Waals surface area contributed by atoms with Gasteiger partial charge in [0.15, 0.2) is 46.0 Å². The maximum absolute atomic E-state index is 9.65. The summed E-state index contributed by atoms with van der Waals surface area (Å²) in [7, 11) is 3.22. The predicted molar refractivity (Wildman–Crippen MR) is 239 cm³/mol.